The van der Waals surface area contributed by atoms with Gasteiger partial charge in [0.1, 0.15) is 6.61 Å². The molecule has 1 rings (SSSR count). The van der Waals surface area contributed by atoms with Crippen molar-refractivity contribution in [1.29, 1.82) is 0 Å². The number of sulfonamides is 1. The molecule has 1 saturated heterocycles. The molecule has 0 radical (unpaired) electrons. The standard InChI is InChI=1S/C12H19ClN2O4S2/c1-3-4-19-12(16)15-8-11(20)6-10(15)5-9(13)7-14-21(2,17)18/h3,5,10-11,14,20H,1,4,6-8H2,2H3/t10-,11+/m1/s1. The lowest BCUT2D eigenvalue weighted by Gasteiger charge is -2.21. The van der Waals surface area contributed by atoms with Gasteiger partial charge in [0.2, 0.25) is 10.0 Å². The first-order chi connectivity index (χ1) is 9.73. The fourth-order valence-electron chi connectivity index (χ4n) is 1.89. The Morgan fingerprint density at radius 2 is 2.29 bits per heavy atom. The molecule has 1 aliphatic heterocycles. The van der Waals surface area contributed by atoms with Crippen molar-refractivity contribution >= 4 is 40.3 Å². The van der Waals surface area contributed by atoms with Crippen LogP contribution >= 0.6 is 24.2 Å². The maximum Gasteiger partial charge on any atom is 0.410 e. The summed E-state index contributed by atoms with van der Waals surface area (Å²) < 4.78 is 29.3. The average Bonchev–Trinajstić information content (AvgIpc) is 2.73. The van der Waals surface area contributed by atoms with Gasteiger partial charge in [-0.3, -0.25) is 0 Å². The van der Waals surface area contributed by atoms with Crippen molar-refractivity contribution in [2.24, 2.45) is 0 Å². The summed E-state index contributed by atoms with van der Waals surface area (Å²) in [6.07, 6.45) is 4.34. The Morgan fingerprint density at radius 3 is 2.86 bits per heavy atom. The van der Waals surface area contributed by atoms with Crippen LogP contribution in [0, 0.1) is 0 Å². The predicted octanol–water partition coefficient (Wildman–Crippen LogP) is 1.35. The zero-order valence-electron chi connectivity index (χ0n) is 11.7. The maximum atomic E-state index is 11.9. The van der Waals surface area contributed by atoms with Gasteiger partial charge in [-0.15, -0.1) is 0 Å². The van der Waals surface area contributed by atoms with Crippen molar-refractivity contribution < 1.29 is 17.9 Å². The summed E-state index contributed by atoms with van der Waals surface area (Å²) in [7, 11) is -3.31. The molecule has 0 unspecified atom stereocenters. The second-order valence-corrected chi connectivity index (χ2v) is 7.73. The van der Waals surface area contributed by atoms with Crippen molar-refractivity contribution in [2.75, 3.05) is 26.0 Å². The summed E-state index contributed by atoms with van der Waals surface area (Å²) in [4.78, 5) is 13.4. The third-order valence-corrected chi connectivity index (χ3v) is 4.06. The minimum atomic E-state index is -3.31. The van der Waals surface area contributed by atoms with Gasteiger partial charge in [0.25, 0.3) is 0 Å². The highest BCUT2D eigenvalue weighted by atomic mass is 35.5. The van der Waals surface area contributed by atoms with E-state index < -0.39 is 16.1 Å². The summed E-state index contributed by atoms with van der Waals surface area (Å²) >= 11 is 10.4. The van der Waals surface area contributed by atoms with E-state index >= 15 is 0 Å². The van der Waals surface area contributed by atoms with E-state index in [2.05, 4.69) is 23.9 Å². The van der Waals surface area contributed by atoms with Gasteiger partial charge < -0.3 is 9.64 Å². The Labute approximate surface area is 135 Å². The van der Waals surface area contributed by atoms with E-state index in [1.807, 2.05) is 0 Å². The zero-order chi connectivity index (χ0) is 16.0. The molecule has 9 heteroatoms. The Morgan fingerprint density at radius 1 is 1.62 bits per heavy atom. The quantitative estimate of drug-likeness (QED) is 0.557. The van der Waals surface area contributed by atoms with E-state index in [1.165, 1.54) is 11.0 Å². The molecule has 0 saturated carbocycles. The molecule has 2 atom stereocenters. The summed E-state index contributed by atoms with van der Waals surface area (Å²) in [6.45, 7) is 4.05. The first kappa shape index (κ1) is 18.3. The SMILES string of the molecule is C=CCOC(=O)N1C[C@@H](S)C[C@H]1C=C(Cl)CNS(C)(=O)=O. The highest BCUT2D eigenvalue weighted by molar-refractivity contribution is 7.88. The lowest BCUT2D eigenvalue weighted by Crippen LogP contribution is -2.35. The molecular weight excluding hydrogens is 336 g/mol. The van der Waals surface area contributed by atoms with Crippen LogP contribution in [0.1, 0.15) is 6.42 Å². The number of hydrogen-bond acceptors (Lipinski definition) is 5. The molecular formula is C12H19ClN2O4S2. The molecule has 0 spiro atoms. The number of nitrogens with zero attached hydrogens (tertiary/aromatic N) is 1. The molecule has 120 valence electrons. The fraction of sp³-hybridized carbons (Fsp3) is 0.583. The molecule has 0 aromatic carbocycles. The highest BCUT2D eigenvalue weighted by Crippen LogP contribution is 2.25. The van der Waals surface area contributed by atoms with Gasteiger partial charge in [-0.2, -0.15) is 12.6 Å². The first-order valence-corrected chi connectivity index (χ1v) is 9.04. The number of rotatable bonds is 6. The number of likely N-dealkylation sites (tertiary alicyclic amines) is 1. The number of carbonyl (C=O) groups is 1. The second-order valence-electron chi connectivity index (χ2n) is 4.68. The van der Waals surface area contributed by atoms with Gasteiger partial charge >= 0.3 is 6.09 Å². The van der Waals surface area contributed by atoms with Crippen LogP contribution < -0.4 is 4.72 Å². The van der Waals surface area contributed by atoms with E-state index in [0.717, 1.165) is 6.26 Å². The summed E-state index contributed by atoms with van der Waals surface area (Å²) in [5.74, 6) is 0. The molecule has 0 aliphatic carbocycles. The molecule has 21 heavy (non-hydrogen) atoms. The Kier molecular flexibility index (Phi) is 7.05. The molecule has 6 nitrogen and oxygen atoms in total. The number of carbonyl (C=O) groups excluding carboxylic acids is 1. The third kappa shape index (κ3) is 6.73. The van der Waals surface area contributed by atoms with Crippen molar-refractivity contribution in [3.63, 3.8) is 0 Å². The molecule has 0 aromatic heterocycles. The smallest absolute Gasteiger partial charge is 0.410 e. The number of amides is 1. The largest absolute Gasteiger partial charge is 0.445 e. The van der Waals surface area contributed by atoms with Gasteiger partial charge in [-0.25, -0.2) is 17.9 Å². The van der Waals surface area contributed by atoms with Crippen LogP contribution in [-0.2, 0) is 14.8 Å². The highest BCUT2D eigenvalue weighted by Gasteiger charge is 2.33. The topological polar surface area (TPSA) is 75.7 Å². The minimum Gasteiger partial charge on any atom is -0.445 e. The van der Waals surface area contributed by atoms with Crippen LogP contribution in [0.2, 0.25) is 0 Å². The van der Waals surface area contributed by atoms with Gasteiger partial charge in [0.15, 0.2) is 0 Å². The summed E-state index contributed by atoms with van der Waals surface area (Å²) in [5.41, 5.74) is 0. The minimum absolute atomic E-state index is 0.0102. The molecule has 1 amide bonds. The average molecular weight is 355 g/mol. The normalized spacial score (nSPS) is 23.2. The fourth-order valence-corrected chi connectivity index (χ4v) is 2.99. The monoisotopic (exact) mass is 354 g/mol. The van der Waals surface area contributed by atoms with E-state index in [9.17, 15) is 13.2 Å². The number of ether oxygens (including phenoxy) is 1. The van der Waals surface area contributed by atoms with Crippen LogP contribution in [0.4, 0.5) is 4.79 Å². The Hall–Kier alpha value is -0.700. The van der Waals surface area contributed by atoms with Gasteiger partial charge in [0, 0.05) is 23.4 Å². The van der Waals surface area contributed by atoms with Crippen molar-refractivity contribution in [3.05, 3.63) is 23.8 Å². The maximum absolute atomic E-state index is 11.9. The molecule has 0 aromatic rings. The van der Waals surface area contributed by atoms with Crippen LogP contribution in [0.3, 0.4) is 0 Å². The van der Waals surface area contributed by atoms with Crippen molar-refractivity contribution in [1.82, 2.24) is 9.62 Å². The van der Waals surface area contributed by atoms with Crippen LogP contribution in [-0.4, -0.2) is 56.7 Å². The van der Waals surface area contributed by atoms with Gasteiger partial charge in [-0.05, 0) is 12.5 Å². The molecule has 1 heterocycles. The van der Waals surface area contributed by atoms with Gasteiger partial charge in [0.05, 0.1) is 12.3 Å². The summed E-state index contributed by atoms with van der Waals surface area (Å²) in [5, 5.41) is 0.337. The molecule has 1 aliphatic rings. The van der Waals surface area contributed by atoms with Crippen molar-refractivity contribution in [3.8, 4) is 0 Å². The third-order valence-electron chi connectivity index (χ3n) is 2.76. The van der Waals surface area contributed by atoms with Crippen molar-refractivity contribution in [2.45, 2.75) is 17.7 Å². The lowest BCUT2D eigenvalue weighted by atomic mass is 10.2. The van der Waals surface area contributed by atoms with Crippen LogP contribution in [0.15, 0.2) is 23.8 Å². The Bertz CT molecular complexity index is 521. The molecule has 1 N–H and O–H groups in total. The first-order valence-electron chi connectivity index (χ1n) is 6.26. The zero-order valence-corrected chi connectivity index (χ0v) is 14.1. The molecule has 0 bridgehead atoms. The second kappa shape index (κ2) is 8.07. The lowest BCUT2D eigenvalue weighted by molar-refractivity contribution is 0.114. The number of halogens is 1. The Balaban J connectivity index is 2.69. The van der Waals surface area contributed by atoms with E-state index in [-0.39, 0.29) is 24.4 Å². The van der Waals surface area contributed by atoms with E-state index in [4.69, 9.17) is 16.3 Å². The van der Waals surface area contributed by atoms with Crippen LogP contribution in [0.25, 0.3) is 0 Å². The van der Waals surface area contributed by atoms with Crippen LogP contribution in [0.5, 0.6) is 0 Å². The molecule has 1 fully saturated rings. The number of nitrogens with one attached hydrogen (secondary N) is 1. The number of thiol groups is 1. The van der Waals surface area contributed by atoms with Gasteiger partial charge in [-0.1, -0.05) is 24.3 Å². The summed E-state index contributed by atoms with van der Waals surface area (Å²) in [6, 6.07) is -0.265. The number of hydrogen-bond donors (Lipinski definition) is 2. The predicted molar refractivity (Wildman–Crippen MR) is 86.2 cm³/mol. The van der Waals surface area contributed by atoms with E-state index in [0.29, 0.717) is 18.0 Å². The van der Waals surface area contributed by atoms with E-state index in [1.54, 1.807) is 6.08 Å².